The fraction of sp³-hybridized carbons (Fsp3) is 0.433. The molecule has 1 aliphatic carbocycles. The highest BCUT2D eigenvalue weighted by Crippen LogP contribution is 2.34. The van der Waals surface area contributed by atoms with Gasteiger partial charge in [-0.1, -0.05) is 6.92 Å². The molecule has 0 radical (unpaired) electrons. The first-order chi connectivity index (χ1) is 19.9. The molecule has 3 aliphatic rings. The summed E-state index contributed by atoms with van der Waals surface area (Å²) in [6.07, 6.45) is 6.85. The van der Waals surface area contributed by atoms with Crippen LogP contribution in [-0.2, 0) is 45.9 Å². The Morgan fingerprint density at radius 2 is 1.83 bits per heavy atom. The maximum absolute atomic E-state index is 13.8. The van der Waals surface area contributed by atoms with Gasteiger partial charge in [-0.3, -0.25) is 24.1 Å². The Hall–Kier alpha value is -4.25. The Bertz CT molecular complexity index is 1730. The molecule has 11 nitrogen and oxygen atoms in total. The Kier molecular flexibility index (Phi) is 6.26. The third-order valence-electron chi connectivity index (χ3n) is 8.65. The topological polar surface area (TPSA) is 106 Å². The number of carbonyl (C=O) groups is 1. The highest BCUT2D eigenvalue weighted by molar-refractivity contribution is 6.06. The number of likely N-dealkylation sites (N-methyl/N-ethyl adjacent to an activating group) is 1. The number of nitrogens with one attached hydrogen (secondary N) is 1. The van der Waals surface area contributed by atoms with Crippen LogP contribution in [0, 0.1) is 0 Å². The summed E-state index contributed by atoms with van der Waals surface area (Å²) in [5.41, 5.74) is 7.12. The zero-order chi connectivity index (χ0) is 28.2. The lowest BCUT2D eigenvalue weighted by atomic mass is 9.98. The van der Waals surface area contributed by atoms with E-state index in [1.807, 2.05) is 21.7 Å². The van der Waals surface area contributed by atoms with Crippen LogP contribution in [-0.4, -0.2) is 60.1 Å². The summed E-state index contributed by atoms with van der Waals surface area (Å²) in [4.78, 5) is 35.7. The third-order valence-corrected chi connectivity index (χ3v) is 8.65. The van der Waals surface area contributed by atoms with Gasteiger partial charge >= 0.3 is 0 Å². The van der Waals surface area contributed by atoms with Gasteiger partial charge in [-0.25, -0.2) is 9.67 Å². The number of nitrogens with zero attached hydrogens (tertiary/aromatic N) is 8. The van der Waals surface area contributed by atoms with Crippen molar-refractivity contribution in [2.45, 2.75) is 58.7 Å². The molecular weight excluding hydrogens is 518 g/mol. The van der Waals surface area contributed by atoms with Gasteiger partial charge in [-0.2, -0.15) is 10.2 Å². The van der Waals surface area contributed by atoms with E-state index in [4.69, 9.17) is 4.98 Å². The fourth-order valence-electron chi connectivity index (χ4n) is 6.57. The van der Waals surface area contributed by atoms with E-state index in [1.54, 1.807) is 19.3 Å². The van der Waals surface area contributed by atoms with E-state index in [0.29, 0.717) is 36.0 Å². The van der Waals surface area contributed by atoms with E-state index in [0.717, 1.165) is 61.5 Å². The highest BCUT2D eigenvalue weighted by atomic mass is 16.2. The molecule has 0 fully saturated rings. The van der Waals surface area contributed by atoms with Gasteiger partial charge in [-0.15, -0.1) is 0 Å². The molecule has 1 N–H and O–H groups in total. The number of hydrogen-bond acceptors (Lipinski definition) is 7. The molecule has 0 unspecified atom stereocenters. The van der Waals surface area contributed by atoms with Crippen LogP contribution in [0.3, 0.4) is 0 Å². The number of fused-ring (bicyclic) bond motifs is 4. The van der Waals surface area contributed by atoms with Crippen molar-refractivity contribution in [2.75, 3.05) is 30.4 Å². The maximum atomic E-state index is 13.8. The minimum absolute atomic E-state index is 0.00447. The first-order valence-corrected chi connectivity index (χ1v) is 14.5. The van der Waals surface area contributed by atoms with E-state index < -0.39 is 0 Å². The molecule has 2 aliphatic heterocycles. The second-order valence-corrected chi connectivity index (χ2v) is 11.3. The van der Waals surface area contributed by atoms with Crippen molar-refractivity contribution in [1.82, 2.24) is 34.0 Å². The molecule has 0 spiro atoms. The summed E-state index contributed by atoms with van der Waals surface area (Å²) in [5.74, 6) is 1.30. The average molecular weight is 554 g/mol. The van der Waals surface area contributed by atoms with Crippen molar-refractivity contribution in [1.29, 1.82) is 0 Å². The number of aromatic nitrogens is 6. The average Bonchev–Trinajstić information content (AvgIpc) is 3.56. The molecule has 212 valence electrons. The lowest BCUT2D eigenvalue weighted by molar-refractivity contribution is 0.0963. The minimum atomic E-state index is -0.236. The molecular formula is C30H35N9O2. The van der Waals surface area contributed by atoms with Gasteiger partial charge in [0.2, 0.25) is 0 Å². The molecule has 4 aromatic heterocycles. The van der Waals surface area contributed by atoms with Crippen LogP contribution in [0.25, 0.3) is 11.3 Å². The Balaban J connectivity index is 1.24. The van der Waals surface area contributed by atoms with Crippen molar-refractivity contribution in [3.05, 3.63) is 69.0 Å². The fourth-order valence-corrected chi connectivity index (χ4v) is 6.57. The largest absolute Gasteiger partial charge is 0.339 e. The van der Waals surface area contributed by atoms with E-state index >= 15 is 0 Å². The quantitative estimate of drug-likeness (QED) is 0.405. The molecule has 4 aromatic rings. The summed E-state index contributed by atoms with van der Waals surface area (Å²) < 4.78 is 5.56. The van der Waals surface area contributed by atoms with Crippen LogP contribution in [0.4, 0.5) is 17.3 Å². The molecule has 0 saturated carbocycles. The number of aryl methyl sites for hydroxylation is 2. The van der Waals surface area contributed by atoms with Gasteiger partial charge < -0.3 is 9.88 Å². The summed E-state index contributed by atoms with van der Waals surface area (Å²) in [6.45, 7) is 5.97. The summed E-state index contributed by atoms with van der Waals surface area (Å²) in [5, 5.41) is 12.5. The smallest absolute Gasteiger partial charge is 0.290 e. The summed E-state index contributed by atoms with van der Waals surface area (Å²) in [6, 6.07) is 7.78. The zero-order valence-electron chi connectivity index (χ0n) is 23.9. The van der Waals surface area contributed by atoms with Crippen LogP contribution in [0.15, 0.2) is 35.3 Å². The van der Waals surface area contributed by atoms with Gasteiger partial charge in [0.15, 0.2) is 5.82 Å². The van der Waals surface area contributed by atoms with Crippen molar-refractivity contribution in [3.8, 4) is 11.3 Å². The second-order valence-electron chi connectivity index (χ2n) is 11.3. The van der Waals surface area contributed by atoms with Gasteiger partial charge in [0.1, 0.15) is 17.2 Å². The number of hydrogen-bond donors (Lipinski definition) is 1. The van der Waals surface area contributed by atoms with Crippen LogP contribution in [0.5, 0.6) is 0 Å². The van der Waals surface area contributed by atoms with Crippen LogP contribution < -0.4 is 15.8 Å². The van der Waals surface area contributed by atoms with E-state index in [2.05, 4.69) is 45.0 Å². The standard InChI is InChI=1S/C30H35N9O2/c1-4-21-22(9-10-31-28(21)38-13-12-37-25-8-6-5-7-19(25)15-26(37)30(38)41)23-17-24(29(40)36(3)33-23)32-27-16-20-18-35(2)11-14-39(20)34-27/h9-10,15-17H,4-8,11-14,18H2,1-3H3,(H,32,34). The number of carbonyl (C=O) groups excluding carboxylic acids is 1. The Morgan fingerprint density at radius 1 is 0.976 bits per heavy atom. The third kappa shape index (κ3) is 4.35. The molecule has 11 heteroatoms. The van der Waals surface area contributed by atoms with Crippen LogP contribution in [0.2, 0.25) is 0 Å². The van der Waals surface area contributed by atoms with Crippen molar-refractivity contribution < 1.29 is 4.79 Å². The summed E-state index contributed by atoms with van der Waals surface area (Å²) in [7, 11) is 3.74. The molecule has 0 aromatic carbocycles. The highest BCUT2D eigenvalue weighted by Gasteiger charge is 2.32. The predicted octanol–water partition coefficient (Wildman–Crippen LogP) is 3.13. The minimum Gasteiger partial charge on any atom is -0.339 e. The number of anilines is 3. The van der Waals surface area contributed by atoms with Gasteiger partial charge in [-0.05, 0) is 62.9 Å². The monoisotopic (exact) mass is 553 g/mol. The maximum Gasteiger partial charge on any atom is 0.290 e. The van der Waals surface area contributed by atoms with Gasteiger partial charge in [0.25, 0.3) is 11.5 Å². The molecule has 0 atom stereocenters. The van der Waals surface area contributed by atoms with Gasteiger partial charge in [0, 0.05) is 62.3 Å². The van der Waals surface area contributed by atoms with Crippen molar-refractivity contribution >= 4 is 23.2 Å². The predicted molar refractivity (Wildman–Crippen MR) is 157 cm³/mol. The number of rotatable bonds is 5. The molecule has 7 rings (SSSR count). The number of amides is 1. The first-order valence-electron chi connectivity index (χ1n) is 14.5. The Morgan fingerprint density at radius 3 is 2.68 bits per heavy atom. The number of pyridine rings is 1. The van der Waals surface area contributed by atoms with Crippen LogP contribution >= 0.6 is 0 Å². The van der Waals surface area contributed by atoms with Crippen molar-refractivity contribution in [3.63, 3.8) is 0 Å². The first kappa shape index (κ1) is 25.7. The van der Waals surface area contributed by atoms with Gasteiger partial charge in [0.05, 0.1) is 17.9 Å². The molecule has 1 amide bonds. The molecule has 6 heterocycles. The normalized spacial score (nSPS) is 16.9. The summed E-state index contributed by atoms with van der Waals surface area (Å²) >= 11 is 0. The SMILES string of the molecule is CCc1c(-c2cc(Nc3cc4n(n3)CCN(C)C4)c(=O)n(C)n2)ccnc1N1CCn2c(cc3c2CCCC3)C1=O. The van der Waals surface area contributed by atoms with Crippen LogP contribution in [0.1, 0.15) is 52.8 Å². The molecule has 41 heavy (non-hydrogen) atoms. The van der Waals surface area contributed by atoms with E-state index in [-0.39, 0.29) is 11.5 Å². The van der Waals surface area contributed by atoms with E-state index in [1.165, 1.54) is 28.8 Å². The lowest BCUT2D eigenvalue weighted by Gasteiger charge is -2.30. The molecule has 0 saturated heterocycles. The second kappa shape index (κ2) is 9.99. The Labute approximate surface area is 238 Å². The van der Waals surface area contributed by atoms with Crippen molar-refractivity contribution in [2.24, 2.45) is 7.05 Å². The zero-order valence-corrected chi connectivity index (χ0v) is 23.9. The molecule has 0 bridgehead atoms. The lowest BCUT2D eigenvalue weighted by Crippen LogP contribution is -2.41. The van der Waals surface area contributed by atoms with E-state index in [9.17, 15) is 9.59 Å².